The molecule has 142 valence electrons. The summed E-state index contributed by atoms with van der Waals surface area (Å²) >= 11 is 0. The average molecular weight is 368 g/mol. The summed E-state index contributed by atoms with van der Waals surface area (Å²) in [7, 11) is 3.33. The number of benzene rings is 1. The molecule has 7 heteroatoms. The first-order chi connectivity index (χ1) is 13.0. The number of hydrogen-bond acceptors (Lipinski definition) is 4. The van der Waals surface area contributed by atoms with Gasteiger partial charge in [-0.25, -0.2) is 4.52 Å². The van der Waals surface area contributed by atoms with E-state index in [4.69, 9.17) is 4.74 Å². The number of unbranched alkanes of at least 4 members (excludes halogenated alkanes) is 1. The van der Waals surface area contributed by atoms with E-state index in [-0.39, 0.29) is 18.0 Å². The van der Waals surface area contributed by atoms with Gasteiger partial charge in [-0.15, -0.1) is 0 Å². The van der Waals surface area contributed by atoms with E-state index in [1.807, 2.05) is 24.3 Å². The van der Waals surface area contributed by atoms with Crippen LogP contribution in [0.2, 0.25) is 0 Å². The Labute approximate surface area is 157 Å². The molecule has 1 aromatic carbocycles. The van der Waals surface area contributed by atoms with E-state index in [0.29, 0.717) is 17.8 Å². The largest absolute Gasteiger partial charge is 0.493 e. The second-order valence-electron chi connectivity index (χ2n) is 6.58. The number of aromatic nitrogens is 3. The van der Waals surface area contributed by atoms with Crippen molar-refractivity contribution in [3.8, 4) is 17.0 Å². The van der Waals surface area contributed by atoms with E-state index >= 15 is 0 Å². The van der Waals surface area contributed by atoms with Gasteiger partial charge in [0, 0.05) is 32.1 Å². The van der Waals surface area contributed by atoms with Crippen LogP contribution < -0.4 is 10.3 Å². The second kappa shape index (κ2) is 8.07. The minimum absolute atomic E-state index is 0.000434. The molecule has 3 rings (SSSR count). The Kier molecular flexibility index (Phi) is 5.59. The molecule has 0 aliphatic rings. The zero-order valence-electron chi connectivity index (χ0n) is 15.9. The molecule has 2 heterocycles. The molecule has 0 spiro atoms. The topological polar surface area (TPSA) is 68.8 Å². The summed E-state index contributed by atoms with van der Waals surface area (Å²) in [5.41, 5.74) is 1.67. The van der Waals surface area contributed by atoms with Gasteiger partial charge in [0.1, 0.15) is 17.8 Å². The predicted octanol–water partition coefficient (Wildman–Crippen LogP) is 2.43. The summed E-state index contributed by atoms with van der Waals surface area (Å²) < 4.78 is 8.81. The molecule has 0 bridgehead atoms. The lowest BCUT2D eigenvalue weighted by Gasteiger charge is -2.11. The van der Waals surface area contributed by atoms with Crippen molar-refractivity contribution in [2.24, 2.45) is 0 Å². The minimum atomic E-state index is -0.254. The second-order valence-corrected chi connectivity index (χ2v) is 6.58. The number of amides is 1. The average Bonchev–Trinajstić information content (AvgIpc) is 3.09. The first-order valence-electron chi connectivity index (χ1n) is 9.02. The maximum absolute atomic E-state index is 12.7. The number of hydrogen-bond donors (Lipinski definition) is 0. The van der Waals surface area contributed by atoms with Gasteiger partial charge in [-0.1, -0.05) is 25.5 Å². The molecule has 0 aliphatic heterocycles. The molecule has 0 saturated heterocycles. The van der Waals surface area contributed by atoms with Crippen LogP contribution in [0.25, 0.3) is 16.8 Å². The fraction of sp³-hybridized carbons (Fsp3) is 0.350. The summed E-state index contributed by atoms with van der Waals surface area (Å²) in [4.78, 5) is 26.1. The number of likely N-dealkylation sites (N-methyl/N-ethyl adjacent to an activating group) is 1. The Bertz CT molecular complexity index is 1000. The quantitative estimate of drug-likeness (QED) is 0.601. The van der Waals surface area contributed by atoms with Crippen molar-refractivity contribution in [3.63, 3.8) is 0 Å². The Hall–Kier alpha value is -3.09. The van der Waals surface area contributed by atoms with Crippen molar-refractivity contribution < 1.29 is 9.53 Å². The molecule has 7 nitrogen and oxygen atoms in total. The Morgan fingerprint density at radius 1 is 1.22 bits per heavy atom. The van der Waals surface area contributed by atoms with E-state index in [2.05, 4.69) is 12.0 Å². The van der Waals surface area contributed by atoms with Crippen molar-refractivity contribution in [1.82, 2.24) is 19.1 Å². The lowest BCUT2D eigenvalue weighted by Crippen LogP contribution is -2.31. The number of carbonyl (C=O) groups is 1. The van der Waals surface area contributed by atoms with Crippen LogP contribution in [-0.4, -0.2) is 45.7 Å². The molecule has 0 aliphatic carbocycles. The summed E-state index contributed by atoms with van der Waals surface area (Å²) in [6.07, 6.45) is 5.30. The third-order valence-electron chi connectivity index (χ3n) is 4.33. The Morgan fingerprint density at radius 2 is 2.00 bits per heavy atom. The summed E-state index contributed by atoms with van der Waals surface area (Å²) in [6, 6.07) is 9.40. The van der Waals surface area contributed by atoms with Gasteiger partial charge in [-0.05, 0) is 24.6 Å². The fourth-order valence-electron chi connectivity index (χ4n) is 2.70. The molecule has 3 aromatic rings. The van der Waals surface area contributed by atoms with Crippen molar-refractivity contribution in [3.05, 3.63) is 53.1 Å². The summed E-state index contributed by atoms with van der Waals surface area (Å²) in [5.74, 6) is 0.605. The molecule has 0 saturated carbocycles. The first-order valence-corrected chi connectivity index (χ1v) is 9.02. The molecule has 0 N–H and O–H groups in total. The van der Waals surface area contributed by atoms with Gasteiger partial charge >= 0.3 is 0 Å². The van der Waals surface area contributed by atoms with Crippen LogP contribution >= 0.6 is 0 Å². The standard InChI is InChI=1S/C20H24N4O3/c1-4-5-12-27-18-9-7-6-8-15(18)16-13-17-20(26)23(10-11-24(17)21-16)14-19(25)22(2)3/h6-11,13H,4-5,12,14H2,1-3H3. The van der Waals surface area contributed by atoms with Crippen molar-refractivity contribution in [2.75, 3.05) is 20.7 Å². The van der Waals surface area contributed by atoms with Crippen LogP contribution in [-0.2, 0) is 11.3 Å². The summed E-state index contributed by atoms with van der Waals surface area (Å²) in [6.45, 7) is 2.75. The number of carbonyl (C=O) groups excluding carboxylic acids is 1. The lowest BCUT2D eigenvalue weighted by molar-refractivity contribution is -0.129. The van der Waals surface area contributed by atoms with Crippen molar-refractivity contribution in [1.29, 1.82) is 0 Å². The molecule has 0 fully saturated rings. The SMILES string of the molecule is CCCCOc1ccccc1-c1cc2c(=O)n(CC(=O)N(C)C)ccn2n1. The highest BCUT2D eigenvalue weighted by atomic mass is 16.5. The number of ether oxygens (including phenoxy) is 1. The minimum Gasteiger partial charge on any atom is -0.493 e. The van der Waals surface area contributed by atoms with Crippen molar-refractivity contribution >= 4 is 11.4 Å². The van der Waals surface area contributed by atoms with Gasteiger partial charge in [-0.2, -0.15) is 5.10 Å². The zero-order chi connectivity index (χ0) is 19.4. The molecular weight excluding hydrogens is 344 g/mol. The van der Waals surface area contributed by atoms with Crippen LogP contribution in [0.3, 0.4) is 0 Å². The third-order valence-corrected chi connectivity index (χ3v) is 4.33. The third kappa shape index (κ3) is 4.02. The van der Waals surface area contributed by atoms with Crippen molar-refractivity contribution in [2.45, 2.75) is 26.3 Å². The fourth-order valence-corrected chi connectivity index (χ4v) is 2.70. The normalized spacial score (nSPS) is 10.9. The number of nitrogens with zero attached hydrogens (tertiary/aromatic N) is 4. The lowest BCUT2D eigenvalue weighted by atomic mass is 10.1. The van der Waals surface area contributed by atoms with Crippen LogP contribution in [0.15, 0.2) is 47.5 Å². The Balaban J connectivity index is 1.97. The first kappa shape index (κ1) is 18.7. The predicted molar refractivity (Wildman–Crippen MR) is 104 cm³/mol. The molecule has 27 heavy (non-hydrogen) atoms. The molecule has 0 atom stereocenters. The molecule has 1 amide bonds. The molecule has 0 unspecified atom stereocenters. The van der Waals surface area contributed by atoms with Gasteiger partial charge in [0.05, 0.1) is 12.3 Å². The van der Waals surface area contributed by atoms with Gasteiger partial charge in [0.15, 0.2) is 0 Å². The highest BCUT2D eigenvalue weighted by molar-refractivity contribution is 5.75. The van der Waals surface area contributed by atoms with Gasteiger partial charge in [-0.3, -0.25) is 9.59 Å². The molecular formula is C20H24N4O3. The van der Waals surface area contributed by atoms with E-state index in [0.717, 1.165) is 24.2 Å². The highest BCUT2D eigenvalue weighted by Gasteiger charge is 2.14. The van der Waals surface area contributed by atoms with Crippen LogP contribution in [0.1, 0.15) is 19.8 Å². The maximum atomic E-state index is 12.7. The van der Waals surface area contributed by atoms with Crippen LogP contribution in [0, 0.1) is 0 Å². The Morgan fingerprint density at radius 3 is 2.74 bits per heavy atom. The number of rotatable bonds is 7. The highest BCUT2D eigenvalue weighted by Crippen LogP contribution is 2.29. The molecule has 0 radical (unpaired) electrons. The van der Waals surface area contributed by atoms with Crippen LogP contribution in [0.5, 0.6) is 5.75 Å². The monoisotopic (exact) mass is 368 g/mol. The van der Waals surface area contributed by atoms with E-state index in [1.165, 1.54) is 14.0 Å². The maximum Gasteiger partial charge on any atom is 0.277 e. The summed E-state index contributed by atoms with van der Waals surface area (Å²) in [5, 5.41) is 4.52. The van der Waals surface area contributed by atoms with Gasteiger partial charge < -0.3 is 14.2 Å². The van der Waals surface area contributed by atoms with E-state index < -0.39 is 0 Å². The van der Waals surface area contributed by atoms with E-state index in [9.17, 15) is 9.59 Å². The van der Waals surface area contributed by atoms with Gasteiger partial charge in [0.2, 0.25) is 5.91 Å². The smallest absolute Gasteiger partial charge is 0.277 e. The zero-order valence-corrected chi connectivity index (χ0v) is 15.9. The number of fused-ring (bicyclic) bond motifs is 1. The van der Waals surface area contributed by atoms with Crippen LogP contribution in [0.4, 0.5) is 0 Å². The molecule has 2 aromatic heterocycles. The van der Waals surface area contributed by atoms with E-state index in [1.54, 1.807) is 32.6 Å². The number of para-hydroxylation sites is 1. The van der Waals surface area contributed by atoms with Gasteiger partial charge in [0.25, 0.3) is 5.56 Å².